The van der Waals surface area contributed by atoms with Crippen LogP contribution in [-0.2, 0) is 18.7 Å². The number of alkyl halides is 4. The van der Waals surface area contributed by atoms with Crippen LogP contribution in [0.1, 0.15) is 16.7 Å². The molecule has 0 aliphatic rings. The highest BCUT2D eigenvalue weighted by molar-refractivity contribution is 6.17. The summed E-state index contributed by atoms with van der Waals surface area (Å²) in [6.45, 7) is 0.185. The number of halogens is 4. The summed E-state index contributed by atoms with van der Waals surface area (Å²) >= 11 is 5.79. The second-order valence-corrected chi connectivity index (χ2v) is 4.48. The standard InChI is InChI=1S/C15H12ClF3O/c16-9-11-4-1-2-5-12(11)10-20-14-7-3-6-13(8-14)15(17,18)19/h1-8H,9-10H2. The minimum absolute atomic E-state index is 0.184. The third kappa shape index (κ3) is 3.67. The van der Waals surface area contributed by atoms with Crippen molar-refractivity contribution in [2.75, 3.05) is 0 Å². The predicted octanol–water partition coefficient (Wildman–Crippen LogP) is 5.02. The Kier molecular flexibility index (Phi) is 4.55. The average molecular weight is 301 g/mol. The van der Waals surface area contributed by atoms with Gasteiger partial charge >= 0.3 is 6.18 Å². The molecule has 0 saturated carbocycles. The van der Waals surface area contributed by atoms with Crippen molar-refractivity contribution < 1.29 is 17.9 Å². The number of ether oxygens (including phenoxy) is 1. The Balaban J connectivity index is 2.11. The lowest BCUT2D eigenvalue weighted by molar-refractivity contribution is -0.137. The Labute approximate surface area is 119 Å². The van der Waals surface area contributed by atoms with Crippen molar-refractivity contribution in [1.82, 2.24) is 0 Å². The van der Waals surface area contributed by atoms with Crippen LogP contribution in [0, 0.1) is 0 Å². The number of rotatable bonds is 4. The first-order chi connectivity index (χ1) is 9.50. The van der Waals surface area contributed by atoms with Crippen LogP contribution < -0.4 is 4.74 Å². The molecule has 0 amide bonds. The molecule has 2 aromatic carbocycles. The SMILES string of the molecule is FC(F)(F)c1cccc(OCc2ccccc2CCl)c1. The molecule has 2 aromatic rings. The lowest BCUT2D eigenvalue weighted by Crippen LogP contribution is -2.05. The van der Waals surface area contributed by atoms with Gasteiger partial charge in [-0.2, -0.15) is 13.2 Å². The summed E-state index contributed by atoms with van der Waals surface area (Å²) in [6, 6.07) is 12.2. The quantitative estimate of drug-likeness (QED) is 0.720. The lowest BCUT2D eigenvalue weighted by atomic mass is 10.1. The minimum Gasteiger partial charge on any atom is -0.489 e. The normalized spacial score (nSPS) is 11.4. The molecular formula is C15H12ClF3O. The summed E-state index contributed by atoms with van der Waals surface area (Å²) in [5.74, 6) is 0.520. The molecule has 0 atom stereocenters. The van der Waals surface area contributed by atoms with Gasteiger partial charge in [-0.15, -0.1) is 11.6 Å². The van der Waals surface area contributed by atoms with Crippen LogP contribution in [0.2, 0.25) is 0 Å². The Bertz CT molecular complexity index is 581. The molecule has 0 aliphatic carbocycles. The van der Waals surface area contributed by atoms with Crippen molar-refractivity contribution in [3.8, 4) is 5.75 Å². The molecule has 0 spiro atoms. The highest BCUT2D eigenvalue weighted by Crippen LogP contribution is 2.31. The second-order valence-electron chi connectivity index (χ2n) is 4.22. The summed E-state index contributed by atoms with van der Waals surface area (Å²) < 4.78 is 43.1. The van der Waals surface area contributed by atoms with Crippen molar-refractivity contribution in [3.63, 3.8) is 0 Å². The van der Waals surface area contributed by atoms with Crippen LogP contribution in [-0.4, -0.2) is 0 Å². The van der Waals surface area contributed by atoms with Gasteiger partial charge < -0.3 is 4.74 Å². The van der Waals surface area contributed by atoms with E-state index in [2.05, 4.69) is 0 Å². The molecule has 2 rings (SSSR count). The van der Waals surface area contributed by atoms with Gasteiger partial charge in [0.2, 0.25) is 0 Å². The molecule has 0 fully saturated rings. The van der Waals surface area contributed by atoms with Crippen LogP contribution in [0.5, 0.6) is 5.75 Å². The second kappa shape index (κ2) is 6.18. The maximum Gasteiger partial charge on any atom is 0.416 e. The van der Waals surface area contributed by atoms with Crippen molar-refractivity contribution in [2.45, 2.75) is 18.7 Å². The van der Waals surface area contributed by atoms with Gasteiger partial charge in [0, 0.05) is 5.88 Å². The third-order valence-corrected chi connectivity index (χ3v) is 3.11. The van der Waals surface area contributed by atoms with Gasteiger partial charge in [-0.3, -0.25) is 0 Å². The van der Waals surface area contributed by atoms with Gasteiger partial charge in [0.1, 0.15) is 12.4 Å². The summed E-state index contributed by atoms with van der Waals surface area (Å²) in [6.07, 6.45) is -4.37. The highest BCUT2D eigenvalue weighted by Gasteiger charge is 2.30. The van der Waals surface area contributed by atoms with Crippen molar-refractivity contribution >= 4 is 11.6 Å². The maximum atomic E-state index is 12.6. The van der Waals surface area contributed by atoms with E-state index in [1.807, 2.05) is 24.3 Å². The van der Waals surface area contributed by atoms with E-state index in [0.717, 1.165) is 23.3 Å². The fourth-order valence-corrected chi connectivity index (χ4v) is 2.01. The Morgan fingerprint density at radius 1 is 0.950 bits per heavy atom. The molecule has 106 valence electrons. The highest BCUT2D eigenvalue weighted by atomic mass is 35.5. The molecule has 5 heteroatoms. The minimum atomic E-state index is -4.37. The van der Waals surface area contributed by atoms with Crippen molar-refractivity contribution in [2.24, 2.45) is 0 Å². The Morgan fingerprint density at radius 3 is 2.30 bits per heavy atom. The van der Waals surface area contributed by atoms with E-state index in [0.29, 0.717) is 5.88 Å². The van der Waals surface area contributed by atoms with Gasteiger partial charge in [0.25, 0.3) is 0 Å². The first-order valence-electron chi connectivity index (χ1n) is 5.93. The van der Waals surface area contributed by atoms with E-state index in [4.69, 9.17) is 16.3 Å². The zero-order valence-electron chi connectivity index (χ0n) is 10.5. The predicted molar refractivity (Wildman–Crippen MR) is 71.8 cm³/mol. The third-order valence-electron chi connectivity index (χ3n) is 2.82. The summed E-state index contributed by atoms with van der Waals surface area (Å²) in [5, 5.41) is 0. The topological polar surface area (TPSA) is 9.23 Å². The zero-order valence-corrected chi connectivity index (χ0v) is 11.2. The van der Waals surface area contributed by atoms with Gasteiger partial charge in [0.05, 0.1) is 5.56 Å². The molecule has 0 radical (unpaired) electrons. The summed E-state index contributed by atoms with van der Waals surface area (Å²) in [4.78, 5) is 0. The van der Waals surface area contributed by atoms with Gasteiger partial charge in [-0.05, 0) is 29.3 Å². The fourth-order valence-electron chi connectivity index (χ4n) is 1.75. The van der Waals surface area contributed by atoms with Crippen molar-refractivity contribution in [1.29, 1.82) is 0 Å². The van der Waals surface area contributed by atoms with Gasteiger partial charge in [0.15, 0.2) is 0 Å². The zero-order chi connectivity index (χ0) is 14.6. The molecule has 1 nitrogen and oxygen atoms in total. The van der Waals surface area contributed by atoms with Crippen LogP contribution in [0.3, 0.4) is 0 Å². The van der Waals surface area contributed by atoms with E-state index >= 15 is 0 Å². The van der Waals surface area contributed by atoms with Crippen LogP contribution in [0.4, 0.5) is 13.2 Å². The molecule has 0 aromatic heterocycles. The van der Waals surface area contributed by atoms with Crippen molar-refractivity contribution in [3.05, 3.63) is 65.2 Å². The summed E-state index contributed by atoms with van der Waals surface area (Å²) in [5.41, 5.74) is 1.04. The number of hydrogen-bond acceptors (Lipinski definition) is 1. The smallest absolute Gasteiger partial charge is 0.416 e. The van der Waals surface area contributed by atoms with Crippen LogP contribution in [0.25, 0.3) is 0 Å². The van der Waals surface area contributed by atoms with Gasteiger partial charge in [-0.1, -0.05) is 30.3 Å². The van der Waals surface area contributed by atoms with E-state index in [1.165, 1.54) is 12.1 Å². The molecule has 0 aliphatic heterocycles. The van der Waals surface area contributed by atoms with Crippen LogP contribution in [0.15, 0.2) is 48.5 Å². The Morgan fingerprint density at radius 2 is 1.65 bits per heavy atom. The van der Waals surface area contributed by atoms with E-state index < -0.39 is 11.7 Å². The van der Waals surface area contributed by atoms with E-state index in [1.54, 1.807) is 0 Å². The molecule has 0 unspecified atom stereocenters. The average Bonchev–Trinajstić information content (AvgIpc) is 2.45. The van der Waals surface area contributed by atoms with Crippen LogP contribution >= 0.6 is 11.6 Å². The largest absolute Gasteiger partial charge is 0.489 e. The maximum absolute atomic E-state index is 12.6. The van der Waals surface area contributed by atoms with Gasteiger partial charge in [-0.25, -0.2) is 0 Å². The first kappa shape index (κ1) is 14.7. The molecule has 0 N–H and O–H groups in total. The molecule has 0 heterocycles. The Hall–Kier alpha value is -1.68. The fraction of sp³-hybridized carbons (Fsp3) is 0.200. The van der Waals surface area contributed by atoms with E-state index in [-0.39, 0.29) is 12.4 Å². The molecule has 0 saturated heterocycles. The molecule has 0 bridgehead atoms. The first-order valence-corrected chi connectivity index (χ1v) is 6.47. The lowest BCUT2D eigenvalue weighted by Gasteiger charge is -2.11. The number of hydrogen-bond donors (Lipinski definition) is 0. The van der Waals surface area contributed by atoms with E-state index in [9.17, 15) is 13.2 Å². The molecule has 20 heavy (non-hydrogen) atoms. The summed E-state index contributed by atoms with van der Waals surface area (Å²) in [7, 11) is 0. The number of benzene rings is 2. The molecular weight excluding hydrogens is 289 g/mol. The monoisotopic (exact) mass is 300 g/mol.